The zero-order valence-electron chi connectivity index (χ0n) is 15.3. The topological polar surface area (TPSA) is 23.6 Å². The third-order valence-electron chi connectivity index (χ3n) is 3.51. The number of rotatable bonds is 8. The summed E-state index contributed by atoms with van der Waals surface area (Å²) in [6.07, 6.45) is -7.93. The molecule has 0 spiro atoms. The number of nitrogens with zero attached hydrogens (tertiary/aromatic N) is 2. The standard InChI is InChI=1S/C10HF19N2OS2.K/c11-3(12,1(32)30(2(33)34)31(28)29)4(13,14)5(15,16)6(17,18)7(19,20)8(21,22)9(23,24)10(25,26)27;/h(H,33,34);/q;+1/p-1. The van der Waals surface area contributed by atoms with Gasteiger partial charge in [0.25, 0.3) is 0 Å². The maximum Gasteiger partial charge on any atom is 1.00 e. The molecule has 0 heterocycles. The molecule has 35 heavy (non-hydrogen) atoms. The van der Waals surface area contributed by atoms with Crippen LogP contribution in [0.2, 0.25) is 0 Å². The van der Waals surface area contributed by atoms with E-state index in [2.05, 4.69) is 24.8 Å². The van der Waals surface area contributed by atoms with Crippen molar-refractivity contribution in [1.82, 2.24) is 10.5 Å². The summed E-state index contributed by atoms with van der Waals surface area (Å²) in [6.45, 7) is 0. The summed E-state index contributed by atoms with van der Waals surface area (Å²) in [7, 11) is 0. The molecule has 0 bridgehead atoms. The number of amides is 1. The van der Waals surface area contributed by atoms with E-state index in [1.165, 1.54) is 0 Å². The van der Waals surface area contributed by atoms with Crippen LogP contribution in [0.1, 0.15) is 0 Å². The summed E-state index contributed by atoms with van der Waals surface area (Å²) in [5, 5.41) is -2.28. The number of hydrogen-bond donors (Lipinski definition) is 0. The number of thiocarbonyl (C=S) groups is 1. The molecular weight excluding hydrogens is 628 g/mol. The van der Waals surface area contributed by atoms with Crippen LogP contribution in [-0.4, -0.2) is 68.3 Å². The molecule has 0 rings (SSSR count). The summed E-state index contributed by atoms with van der Waals surface area (Å²) in [4.78, 5) is 11.0. The van der Waals surface area contributed by atoms with Crippen molar-refractivity contribution >= 4 is 35.1 Å². The van der Waals surface area contributed by atoms with Gasteiger partial charge in [0.1, 0.15) is 5.45 Å². The summed E-state index contributed by atoms with van der Waals surface area (Å²) in [6, 6.07) is 0. The third kappa shape index (κ3) is 5.32. The minimum atomic E-state index is -8.96. The second kappa shape index (κ2) is 10.3. The van der Waals surface area contributed by atoms with Crippen LogP contribution in [0, 0.1) is 0 Å². The maximum absolute atomic E-state index is 13.5. The van der Waals surface area contributed by atoms with E-state index in [1.807, 2.05) is 0 Å². The molecule has 0 aliphatic rings. The van der Waals surface area contributed by atoms with E-state index in [4.69, 9.17) is 0 Å². The Morgan fingerprint density at radius 1 is 0.571 bits per heavy atom. The van der Waals surface area contributed by atoms with Gasteiger partial charge in [0.05, 0.1) is 0 Å². The molecule has 0 aromatic rings. The largest absolute Gasteiger partial charge is 1.00 e. The van der Waals surface area contributed by atoms with Crippen molar-refractivity contribution in [1.29, 1.82) is 0 Å². The molecule has 0 aromatic heterocycles. The Morgan fingerprint density at radius 3 is 1.06 bits per heavy atom. The Labute approximate surface area is 231 Å². The number of carbonyl (C=O) groups is 1. The predicted molar refractivity (Wildman–Crippen MR) is 71.5 cm³/mol. The summed E-state index contributed by atoms with van der Waals surface area (Å²) in [5.74, 6) is -64.5. The second-order valence-electron chi connectivity index (χ2n) is 5.62. The number of halogens is 19. The molecule has 0 radical (unpaired) electrons. The molecule has 0 aromatic carbocycles. The Bertz CT molecular complexity index is 812. The molecule has 3 nitrogen and oxygen atoms in total. The van der Waals surface area contributed by atoms with Gasteiger partial charge in [-0.05, 0) is 4.32 Å². The molecular formula is C10F19KN2OS2. The van der Waals surface area contributed by atoms with Crippen molar-refractivity contribution < 1.29 is 140 Å². The molecule has 0 aliphatic heterocycles. The van der Waals surface area contributed by atoms with Crippen LogP contribution in [0.4, 0.5) is 83.6 Å². The van der Waals surface area contributed by atoms with Gasteiger partial charge < -0.3 is 24.8 Å². The van der Waals surface area contributed by atoms with E-state index in [-0.39, 0.29) is 51.4 Å². The maximum atomic E-state index is 13.5. The molecule has 25 heteroatoms. The van der Waals surface area contributed by atoms with Gasteiger partial charge in [0.15, 0.2) is 0 Å². The molecule has 1 amide bonds. The molecule has 0 unspecified atom stereocenters. The Balaban J connectivity index is 0. The number of hydrazine groups is 1. The molecule has 0 N–H and O–H groups in total. The van der Waals surface area contributed by atoms with Crippen molar-refractivity contribution in [3.05, 3.63) is 0 Å². The Hall–Kier alpha value is 0.0464. The zero-order valence-corrected chi connectivity index (χ0v) is 20.1. The van der Waals surface area contributed by atoms with Gasteiger partial charge >= 0.3 is 105 Å². The predicted octanol–water partition coefficient (Wildman–Crippen LogP) is 2.65. The first-order valence-electron chi connectivity index (χ1n) is 6.81. The van der Waals surface area contributed by atoms with Crippen LogP contribution in [0.3, 0.4) is 0 Å². The van der Waals surface area contributed by atoms with E-state index < -0.39 is 68.3 Å². The quantitative estimate of drug-likeness (QED) is 0.103. The minimum absolute atomic E-state index is 0. The molecule has 0 aliphatic carbocycles. The third-order valence-corrected chi connectivity index (χ3v) is 3.85. The van der Waals surface area contributed by atoms with E-state index in [0.717, 1.165) is 0 Å². The fraction of sp³-hybridized carbons (Fsp3) is 0.800. The van der Waals surface area contributed by atoms with Gasteiger partial charge in [-0.2, -0.15) is 74.6 Å². The second-order valence-corrected chi connectivity index (χ2v) is 6.65. The van der Waals surface area contributed by atoms with Crippen LogP contribution >= 0.6 is 12.2 Å². The van der Waals surface area contributed by atoms with E-state index in [9.17, 15) is 88.4 Å². The van der Waals surface area contributed by atoms with Gasteiger partial charge in [-0.25, -0.2) is 5.01 Å². The first-order valence-corrected chi connectivity index (χ1v) is 7.63. The van der Waals surface area contributed by atoms with Crippen LogP contribution in [0.25, 0.3) is 0 Å². The molecule has 0 saturated heterocycles. The SMILES string of the molecule is O=C(N(C(=S)[S-])N(F)F)C(F)(F)C(F)(F)C(F)(F)C(F)(F)C(F)(F)C(F)(F)C(F)(F)C(F)(F)F.[K+]. The molecule has 0 saturated carbocycles. The Kier molecular flexibility index (Phi) is 11.0. The monoisotopic (exact) mass is 628 g/mol. The zero-order chi connectivity index (χ0) is 28.3. The number of alkyl halides is 17. The van der Waals surface area contributed by atoms with Crippen molar-refractivity contribution in [2.24, 2.45) is 0 Å². The average molecular weight is 628 g/mol. The summed E-state index contributed by atoms with van der Waals surface area (Å²) >= 11 is 6.97. The van der Waals surface area contributed by atoms with Crippen LogP contribution in [0.15, 0.2) is 0 Å². The van der Waals surface area contributed by atoms with Crippen molar-refractivity contribution in [2.45, 2.75) is 47.6 Å². The number of hydrogen-bond acceptors (Lipinski definition) is 4. The average Bonchev–Trinajstić information content (AvgIpc) is 2.58. The van der Waals surface area contributed by atoms with Crippen molar-refractivity contribution in [3.8, 4) is 0 Å². The first kappa shape index (κ1) is 37.2. The van der Waals surface area contributed by atoms with Gasteiger partial charge in [-0.15, -0.1) is 0 Å². The van der Waals surface area contributed by atoms with Crippen LogP contribution in [-0.2, 0) is 17.4 Å². The van der Waals surface area contributed by atoms with Gasteiger partial charge in [-0.1, -0.05) is 8.96 Å². The fourth-order valence-corrected chi connectivity index (χ4v) is 1.93. The first-order chi connectivity index (χ1) is 14.4. The van der Waals surface area contributed by atoms with Gasteiger partial charge in [0, 0.05) is 0 Å². The fourth-order valence-electron chi connectivity index (χ4n) is 1.64. The summed E-state index contributed by atoms with van der Waals surface area (Å²) in [5.41, 5.74) is -3.04. The van der Waals surface area contributed by atoms with Crippen molar-refractivity contribution in [3.63, 3.8) is 0 Å². The van der Waals surface area contributed by atoms with Crippen LogP contribution < -0.4 is 51.4 Å². The van der Waals surface area contributed by atoms with Crippen molar-refractivity contribution in [2.75, 3.05) is 0 Å². The molecule has 202 valence electrons. The van der Waals surface area contributed by atoms with Gasteiger partial charge in [0.2, 0.25) is 0 Å². The smallest absolute Gasteiger partial charge is 0.409 e. The molecule has 0 fully saturated rings. The normalized spacial score (nSPS) is 15.1. The van der Waals surface area contributed by atoms with Gasteiger partial charge in [-0.3, -0.25) is 4.79 Å². The molecule has 0 atom stereocenters. The van der Waals surface area contributed by atoms with E-state index in [1.54, 1.807) is 0 Å². The summed E-state index contributed by atoms with van der Waals surface area (Å²) < 4.78 is 243. The Morgan fingerprint density at radius 2 is 0.829 bits per heavy atom. The van der Waals surface area contributed by atoms with E-state index >= 15 is 0 Å². The van der Waals surface area contributed by atoms with E-state index in [0.29, 0.717) is 0 Å². The minimum Gasteiger partial charge on any atom is -0.409 e. The van der Waals surface area contributed by atoms with Crippen LogP contribution in [0.5, 0.6) is 0 Å². The number of carbonyl (C=O) groups excluding carboxylic acids is 1.